The van der Waals surface area contributed by atoms with Crippen molar-refractivity contribution in [2.45, 2.75) is 44.6 Å². The molecule has 1 aliphatic carbocycles. The molecule has 0 radical (unpaired) electrons. The predicted octanol–water partition coefficient (Wildman–Crippen LogP) is 2.51. The van der Waals surface area contributed by atoms with Crippen LogP contribution in [0.4, 0.5) is 0 Å². The van der Waals surface area contributed by atoms with Crippen molar-refractivity contribution in [3.8, 4) is 0 Å². The highest BCUT2D eigenvalue weighted by molar-refractivity contribution is 5.92. The first kappa shape index (κ1) is 16.5. The van der Waals surface area contributed by atoms with E-state index < -0.39 is 11.5 Å². The van der Waals surface area contributed by atoms with Crippen LogP contribution < -0.4 is 5.73 Å². The molecule has 126 valence electrons. The molecule has 3 N–H and O–H groups in total. The van der Waals surface area contributed by atoms with E-state index in [4.69, 9.17) is 5.73 Å². The topological polar surface area (TPSA) is 66.6 Å². The van der Waals surface area contributed by atoms with Gasteiger partial charge in [-0.1, -0.05) is 31.9 Å². The van der Waals surface area contributed by atoms with Crippen molar-refractivity contribution in [2.75, 3.05) is 19.6 Å². The maximum absolute atomic E-state index is 11.5. The third-order valence-corrected chi connectivity index (χ3v) is 5.75. The van der Waals surface area contributed by atoms with Gasteiger partial charge in [0.15, 0.2) is 0 Å². The van der Waals surface area contributed by atoms with Gasteiger partial charge in [-0.15, -0.1) is 0 Å². The number of hydrogen-bond donors (Lipinski definition) is 2. The van der Waals surface area contributed by atoms with E-state index in [1.807, 2.05) is 12.1 Å². The molecule has 1 aromatic rings. The molecule has 2 unspecified atom stereocenters. The predicted molar refractivity (Wildman–Crippen MR) is 91.0 cm³/mol. The van der Waals surface area contributed by atoms with Gasteiger partial charge in [-0.05, 0) is 43.5 Å². The molecule has 1 heterocycles. The molecule has 0 spiro atoms. The Morgan fingerprint density at radius 2 is 2.00 bits per heavy atom. The number of nitrogens with zero attached hydrogens (tertiary/aromatic N) is 1. The molecule has 4 heteroatoms. The summed E-state index contributed by atoms with van der Waals surface area (Å²) in [6, 6.07) is 7.29. The van der Waals surface area contributed by atoms with E-state index in [0.717, 1.165) is 38.0 Å². The SMILES string of the molecule is CCCCCN1CC2CCC(C1)C2(O)c1cccc(C(N)=O)c1. The lowest BCUT2D eigenvalue weighted by atomic mass is 9.75. The van der Waals surface area contributed by atoms with E-state index in [-0.39, 0.29) is 11.8 Å². The van der Waals surface area contributed by atoms with Gasteiger partial charge in [-0.25, -0.2) is 0 Å². The van der Waals surface area contributed by atoms with Crippen LogP contribution in [0.3, 0.4) is 0 Å². The largest absolute Gasteiger partial charge is 0.384 e. The smallest absolute Gasteiger partial charge is 0.248 e. The standard InChI is InChI=1S/C19H28N2O2/c1-2-3-4-10-21-12-16-8-9-17(13-21)19(16,23)15-7-5-6-14(11-15)18(20)22/h5-7,11,16-17,23H,2-4,8-10,12-13H2,1H3,(H2,20,22). The molecule has 1 aromatic carbocycles. The van der Waals surface area contributed by atoms with Crippen molar-refractivity contribution in [1.29, 1.82) is 0 Å². The summed E-state index contributed by atoms with van der Waals surface area (Å²) in [7, 11) is 0. The van der Waals surface area contributed by atoms with E-state index in [1.54, 1.807) is 12.1 Å². The molecular weight excluding hydrogens is 288 g/mol. The number of hydrogen-bond acceptors (Lipinski definition) is 3. The summed E-state index contributed by atoms with van der Waals surface area (Å²) in [5.74, 6) is 0.0804. The Hall–Kier alpha value is -1.39. The first-order valence-electron chi connectivity index (χ1n) is 8.90. The van der Waals surface area contributed by atoms with Crippen molar-refractivity contribution < 1.29 is 9.90 Å². The molecule has 1 aliphatic heterocycles. The lowest BCUT2D eigenvalue weighted by Crippen LogP contribution is -2.52. The van der Waals surface area contributed by atoms with E-state index in [1.165, 1.54) is 19.3 Å². The van der Waals surface area contributed by atoms with Gasteiger partial charge in [0, 0.05) is 30.5 Å². The fraction of sp³-hybridized carbons (Fsp3) is 0.632. The summed E-state index contributed by atoms with van der Waals surface area (Å²) in [5.41, 5.74) is 5.96. The molecule has 1 saturated carbocycles. The lowest BCUT2D eigenvalue weighted by molar-refractivity contribution is -0.0898. The Morgan fingerprint density at radius 3 is 2.61 bits per heavy atom. The first-order valence-corrected chi connectivity index (χ1v) is 8.90. The molecule has 23 heavy (non-hydrogen) atoms. The van der Waals surface area contributed by atoms with Crippen LogP contribution in [0.5, 0.6) is 0 Å². The Labute approximate surface area is 138 Å². The summed E-state index contributed by atoms with van der Waals surface area (Å²) in [6.07, 6.45) is 5.88. The molecule has 2 atom stereocenters. The zero-order valence-electron chi connectivity index (χ0n) is 14.0. The monoisotopic (exact) mass is 316 g/mol. The Balaban J connectivity index is 1.78. The van der Waals surface area contributed by atoms with E-state index in [2.05, 4.69) is 11.8 Å². The van der Waals surface area contributed by atoms with Gasteiger partial charge in [0.25, 0.3) is 0 Å². The van der Waals surface area contributed by atoms with Crippen molar-refractivity contribution in [3.05, 3.63) is 35.4 Å². The molecule has 4 nitrogen and oxygen atoms in total. The molecule has 1 amide bonds. The molecule has 2 bridgehead atoms. The van der Waals surface area contributed by atoms with Crippen LogP contribution in [-0.2, 0) is 5.60 Å². The second-order valence-corrected chi connectivity index (χ2v) is 7.21. The normalized spacial score (nSPS) is 30.5. The quantitative estimate of drug-likeness (QED) is 0.793. The lowest BCUT2D eigenvalue weighted by Gasteiger charge is -2.45. The second-order valence-electron chi connectivity index (χ2n) is 7.21. The van der Waals surface area contributed by atoms with Crippen molar-refractivity contribution in [1.82, 2.24) is 4.90 Å². The Morgan fingerprint density at radius 1 is 1.30 bits per heavy atom. The molecular formula is C19H28N2O2. The summed E-state index contributed by atoms with van der Waals surface area (Å²) in [4.78, 5) is 14.0. The zero-order chi connectivity index (χ0) is 16.4. The number of carbonyl (C=O) groups is 1. The minimum absolute atomic E-state index is 0.256. The minimum atomic E-state index is -0.799. The van der Waals surface area contributed by atoms with Crippen LogP contribution in [0.15, 0.2) is 24.3 Å². The van der Waals surface area contributed by atoms with E-state index >= 15 is 0 Å². The van der Waals surface area contributed by atoms with Crippen LogP contribution in [0.25, 0.3) is 0 Å². The van der Waals surface area contributed by atoms with Crippen LogP contribution in [-0.4, -0.2) is 35.5 Å². The van der Waals surface area contributed by atoms with Crippen LogP contribution >= 0.6 is 0 Å². The molecule has 2 fully saturated rings. The Bertz CT molecular complexity index is 558. The number of aliphatic hydroxyl groups is 1. The number of rotatable bonds is 6. The molecule has 1 saturated heterocycles. The van der Waals surface area contributed by atoms with Crippen LogP contribution in [0.2, 0.25) is 0 Å². The van der Waals surface area contributed by atoms with Crippen LogP contribution in [0.1, 0.15) is 54.9 Å². The molecule has 2 aliphatic rings. The third-order valence-electron chi connectivity index (χ3n) is 5.75. The van der Waals surface area contributed by atoms with Crippen molar-refractivity contribution >= 4 is 5.91 Å². The third kappa shape index (κ3) is 3.02. The number of piperidine rings is 1. The number of nitrogens with two attached hydrogens (primary N) is 1. The highest BCUT2D eigenvalue weighted by Crippen LogP contribution is 2.51. The maximum Gasteiger partial charge on any atom is 0.248 e. The van der Waals surface area contributed by atoms with Gasteiger partial charge in [0.05, 0.1) is 5.60 Å². The van der Waals surface area contributed by atoms with Crippen molar-refractivity contribution in [3.63, 3.8) is 0 Å². The Kier molecular flexibility index (Phi) is 4.74. The van der Waals surface area contributed by atoms with E-state index in [9.17, 15) is 9.90 Å². The number of amides is 1. The number of unbranched alkanes of at least 4 members (excludes halogenated alkanes) is 2. The second kappa shape index (κ2) is 6.62. The average molecular weight is 316 g/mol. The van der Waals surface area contributed by atoms with Gasteiger partial charge >= 0.3 is 0 Å². The number of benzene rings is 1. The van der Waals surface area contributed by atoms with Gasteiger partial charge in [0.1, 0.15) is 0 Å². The maximum atomic E-state index is 11.5. The average Bonchev–Trinajstić information content (AvgIpc) is 2.74. The highest BCUT2D eigenvalue weighted by atomic mass is 16.3. The van der Waals surface area contributed by atoms with Crippen molar-refractivity contribution in [2.24, 2.45) is 17.6 Å². The fourth-order valence-corrected chi connectivity index (χ4v) is 4.50. The summed E-state index contributed by atoms with van der Waals surface area (Å²) in [6.45, 7) is 5.28. The van der Waals surface area contributed by atoms with Gasteiger partial charge in [-0.2, -0.15) is 0 Å². The highest BCUT2D eigenvalue weighted by Gasteiger charge is 2.53. The number of carbonyl (C=O) groups excluding carboxylic acids is 1. The van der Waals surface area contributed by atoms with Crippen LogP contribution in [0, 0.1) is 11.8 Å². The first-order chi connectivity index (χ1) is 11.1. The fourth-order valence-electron chi connectivity index (χ4n) is 4.50. The van der Waals surface area contributed by atoms with Gasteiger partial charge in [-0.3, -0.25) is 4.79 Å². The number of fused-ring (bicyclic) bond motifs is 2. The van der Waals surface area contributed by atoms with E-state index in [0.29, 0.717) is 5.56 Å². The number of primary amides is 1. The number of likely N-dealkylation sites (tertiary alicyclic amines) is 1. The van der Waals surface area contributed by atoms with Gasteiger partial charge in [0.2, 0.25) is 5.91 Å². The summed E-state index contributed by atoms with van der Waals surface area (Å²) < 4.78 is 0. The zero-order valence-corrected chi connectivity index (χ0v) is 14.0. The molecule has 3 rings (SSSR count). The summed E-state index contributed by atoms with van der Waals surface area (Å²) >= 11 is 0. The van der Waals surface area contributed by atoms with Gasteiger partial charge < -0.3 is 15.7 Å². The minimum Gasteiger partial charge on any atom is -0.384 e. The molecule has 0 aromatic heterocycles. The summed E-state index contributed by atoms with van der Waals surface area (Å²) in [5, 5.41) is 11.5.